The Morgan fingerprint density at radius 1 is 1.65 bits per heavy atom. The van der Waals surface area contributed by atoms with Crippen molar-refractivity contribution in [3.05, 3.63) is 18.2 Å². The molecular weight excluding hydrogens is 240 g/mol. The Labute approximate surface area is 102 Å². The highest BCUT2D eigenvalue weighted by Crippen LogP contribution is 2.20. The van der Waals surface area contributed by atoms with Crippen LogP contribution in [-0.4, -0.2) is 28.3 Å². The number of amides is 1. The van der Waals surface area contributed by atoms with Crippen LogP contribution in [0.3, 0.4) is 0 Å². The van der Waals surface area contributed by atoms with Gasteiger partial charge in [-0.25, -0.2) is 9.78 Å². The molecule has 0 spiro atoms. The first-order chi connectivity index (χ1) is 8.22. The van der Waals surface area contributed by atoms with Crippen molar-refractivity contribution < 1.29 is 9.53 Å². The van der Waals surface area contributed by atoms with Gasteiger partial charge in [0.05, 0.1) is 29.0 Å². The minimum Gasteiger partial charge on any atom is -0.453 e. The highest BCUT2D eigenvalue weighted by atomic mass is 32.1. The van der Waals surface area contributed by atoms with E-state index < -0.39 is 6.09 Å². The van der Waals surface area contributed by atoms with Crippen molar-refractivity contribution in [1.29, 1.82) is 0 Å². The van der Waals surface area contributed by atoms with Gasteiger partial charge < -0.3 is 9.72 Å². The number of benzene rings is 1. The summed E-state index contributed by atoms with van der Waals surface area (Å²) in [6.07, 6.45) is -0.582. The molecule has 0 aliphatic carbocycles. The van der Waals surface area contributed by atoms with Gasteiger partial charge in [-0.1, -0.05) is 0 Å². The van der Waals surface area contributed by atoms with Gasteiger partial charge in [-0.3, -0.25) is 5.32 Å². The third-order valence-corrected chi connectivity index (χ3v) is 2.14. The Hall–Kier alpha value is -2.24. The summed E-state index contributed by atoms with van der Waals surface area (Å²) in [7, 11) is 1.28. The van der Waals surface area contributed by atoms with Crippen LogP contribution in [-0.2, 0) is 4.74 Å². The standard InChI is InChI=1S/C10H8N4O2S/c1-16-10(15)14-9-12-7-3-2-6(11-5-17)4-8(7)13-9/h2-4H,1H3,(H2,12,13,14,15). The molecule has 0 fully saturated rings. The number of fused-ring (bicyclic) bond motifs is 1. The maximum Gasteiger partial charge on any atom is 0.413 e. The molecule has 17 heavy (non-hydrogen) atoms. The molecule has 2 N–H and O–H groups in total. The molecule has 0 aliphatic rings. The number of nitrogens with one attached hydrogen (secondary N) is 2. The number of hydrogen-bond donors (Lipinski definition) is 2. The van der Waals surface area contributed by atoms with Crippen molar-refractivity contribution in [3.8, 4) is 0 Å². The number of ether oxygens (including phenoxy) is 1. The van der Waals surface area contributed by atoms with Crippen molar-refractivity contribution in [2.24, 2.45) is 4.99 Å². The Morgan fingerprint density at radius 3 is 3.18 bits per heavy atom. The number of methoxy groups -OCH3 is 1. The summed E-state index contributed by atoms with van der Waals surface area (Å²) in [4.78, 5) is 21.9. The Kier molecular flexibility index (Phi) is 3.13. The third-order valence-electron chi connectivity index (χ3n) is 2.05. The monoisotopic (exact) mass is 248 g/mol. The van der Waals surface area contributed by atoms with Gasteiger partial charge in [0.25, 0.3) is 0 Å². The number of imidazole rings is 1. The molecule has 0 saturated carbocycles. The summed E-state index contributed by atoms with van der Waals surface area (Å²) in [5.41, 5.74) is 2.11. The van der Waals surface area contributed by atoms with Crippen molar-refractivity contribution in [3.63, 3.8) is 0 Å². The molecule has 0 radical (unpaired) electrons. The van der Waals surface area contributed by atoms with E-state index in [0.717, 1.165) is 5.52 Å². The van der Waals surface area contributed by atoms with Crippen molar-refractivity contribution >= 4 is 46.1 Å². The zero-order chi connectivity index (χ0) is 12.3. The number of carbonyl (C=O) groups is 1. The lowest BCUT2D eigenvalue weighted by Crippen LogP contribution is -2.11. The zero-order valence-corrected chi connectivity index (χ0v) is 9.67. The number of thiocarbonyl (C=S) groups is 1. The highest BCUT2D eigenvalue weighted by Gasteiger charge is 2.06. The van der Waals surface area contributed by atoms with E-state index in [4.69, 9.17) is 0 Å². The van der Waals surface area contributed by atoms with Gasteiger partial charge in [0.2, 0.25) is 5.95 Å². The number of nitrogens with zero attached hydrogens (tertiary/aromatic N) is 2. The van der Waals surface area contributed by atoms with Crippen LogP contribution in [0.15, 0.2) is 23.2 Å². The summed E-state index contributed by atoms with van der Waals surface area (Å²) in [5, 5.41) is 4.72. The summed E-state index contributed by atoms with van der Waals surface area (Å²) < 4.78 is 4.46. The number of anilines is 1. The number of carbonyl (C=O) groups excluding carboxylic acids is 1. The van der Waals surface area contributed by atoms with Crippen LogP contribution in [0.1, 0.15) is 0 Å². The van der Waals surface area contributed by atoms with Crippen LogP contribution in [0.2, 0.25) is 0 Å². The zero-order valence-electron chi connectivity index (χ0n) is 8.85. The maximum absolute atomic E-state index is 11.0. The van der Waals surface area contributed by atoms with E-state index in [2.05, 4.69) is 42.4 Å². The van der Waals surface area contributed by atoms with Crippen LogP contribution in [0, 0.1) is 0 Å². The Bertz CT molecular complexity index is 616. The molecule has 0 saturated heterocycles. The smallest absolute Gasteiger partial charge is 0.413 e. The summed E-state index contributed by atoms with van der Waals surface area (Å²) >= 11 is 4.52. The third kappa shape index (κ3) is 2.47. The maximum atomic E-state index is 11.0. The number of rotatable bonds is 2. The molecule has 0 unspecified atom stereocenters. The number of hydrogen-bond acceptors (Lipinski definition) is 5. The van der Waals surface area contributed by atoms with Crippen LogP contribution in [0.5, 0.6) is 0 Å². The quantitative estimate of drug-likeness (QED) is 0.632. The average molecular weight is 248 g/mol. The van der Waals surface area contributed by atoms with E-state index >= 15 is 0 Å². The number of aromatic nitrogens is 2. The lowest BCUT2D eigenvalue weighted by atomic mass is 10.3. The van der Waals surface area contributed by atoms with Gasteiger partial charge in [0, 0.05) is 0 Å². The van der Waals surface area contributed by atoms with Gasteiger partial charge >= 0.3 is 6.09 Å². The minimum absolute atomic E-state index is 0.315. The van der Waals surface area contributed by atoms with E-state index in [9.17, 15) is 4.79 Å². The lowest BCUT2D eigenvalue weighted by molar-refractivity contribution is 0.186. The predicted octanol–water partition coefficient (Wildman–Crippen LogP) is 2.48. The van der Waals surface area contributed by atoms with Gasteiger partial charge in [0.1, 0.15) is 0 Å². The predicted molar refractivity (Wildman–Crippen MR) is 66.8 cm³/mol. The molecule has 2 aromatic rings. The largest absolute Gasteiger partial charge is 0.453 e. The second kappa shape index (κ2) is 4.73. The second-order valence-electron chi connectivity index (χ2n) is 3.11. The van der Waals surface area contributed by atoms with Crippen LogP contribution >= 0.6 is 12.2 Å². The molecule has 0 aliphatic heterocycles. The SMILES string of the molecule is COC(=O)Nc1nc2ccc(N=C=S)cc2[nH]1. The fourth-order valence-corrected chi connectivity index (χ4v) is 1.43. The second-order valence-corrected chi connectivity index (χ2v) is 3.29. The minimum atomic E-state index is -0.582. The lowest BCUT2D eigenvalue weighted by Gasteiger charge is -1.96. The van der Waals surface area contributed by atoms with Gasteiger partial charge in [-0.05, 0) is 30.4 Å². The highest BCUT2D eigenvalue weighted by molar-refractivity contribution is 7.78. The summed E-state index contributed by atoms with van der Waals surface area (Å²) in [6.45, 7) is 0. The first-order valence-electron chi connectivity index (χ1n) is 4.65. The molecule has 1 amide bonds. The van der Waals surface area contributed by atoms with E-state index in [1.165, 1.54) is 7.11 Å². The fourth-order valence-electron chi connectivity index (χ4n) is 1.33. The van der Waals surface area contributed by atoms with E-state index in [0.29, 0.717) is 17.2 Å². The first kappa shape index (κ1) is 11.3. The van der Waals surface area contributed by atoms with Crippen molar-refractivity contribution in [2.45, 2.75) is 0 Å². The van der Waals surface area contributed by atoms with E-state index in [1.54, 1.807) is 18.2 Å². The molecule has 1 aromatic heterocycles. The summed E-state index contributed by atoms with van der Waals surface area (Å²) in [6, 6.07) is 5.27. The molecule has 6 nitrogen and oxygen atoms in total. The molecule has 0 atom stereocenters. The summed E-state index contributed by atoms with van der Waals surface area (Å²) in [5.74, 6) is 0.315. The van der Waals surface area contributed by atoms with Gasteiger partial charge in [0.15, 0.2) is 0 Å². The van der Waals surface area contributed by atoms with E-state index in [-0.39, 0.29) is 0 Å². The average Bonchev–Trinajstić information content (AvgIpc) is 2.70. The van der Waals surface area contributed by atoms with Crippen LogP contribution in [0.25, 0.3) is 11.0 Å². The normalized spacial score (nSPS) is 9.71. The Balaban J connectivity index is 2.36. The number of aromatic amines is 1. The van der Waals surface area contributed by atoms with Crippen LogP contribution < -0.4 is 5.32 Å². The van der Waals surface area contributed by atoms with Gasteiger partial charge in [-0.15, -0.1) is 0 Å². The Morgan fingerprint density at radius 2 is 2.47 bits per heavy atom. The molecule has 2 rings (SSSR count). The van der Waals surface area contributed by atoms with E-state index in [1.807, 2.05) is 0 Å². The van der Waals surface area contributed by atoms with Crippen LogP contribution in [0.4, 0.5) is 16.4 Å². The molecule has 0 bridgehead atoms. The molecule has 7 heteroatoms. The topological polar surface area (TPSA) is 79.4 Å². The molecular formula is C10H8N4O2S. The molecule has 1 heterocycles. The number of isothiocyanates is 1. The molecule has 86 valence electrons. The number of H-pyrrole nitrogens is 1. The van der Waals surface area contributed by atoms with Crippen molar-refractivity contribution in [1.82, 2.24) is 9.97 Å². The first-order valence-corrected chi connectivity index (χ1v) is 5.06. The fraction of sp³-hybridized carbons (Fsp3) is 0.100. The van der Waals surface area contributed by atoms with Crippen molar-refractivity contribution in [2.75, 3.05) is 12.4 Å². The number of aliphatic imine (C=N–C) groups is 1. The molecule has 1 aromatic carbocycles. The van der Waals surface area contributed by atoms with Gasteiger partial charge in [-0.2, -0.15) is 4.99 Å².